The Labute approximate surface area is 101 Å². The summed E-state index contributed by atoms with van der Waals surface area (Å²) in [6.07, 6.45) is 6.70. The van der Waals surface area contributed by atoms with E-state index >= 15 is 0 Å². The van der Waals surface area contributed by atoms with Gasteiger partial charge in [-0.2, -0.15) is 5.10 Å². The van der Waals surface area contributed by atoms with Crippen LogP contribution in [0.15, 0.2) is 18.6 Å². The average Bonchev–Trinajstić information content (AvgIpc) is 2.87. The van der Waals surface area contributed by atoms with Crippen LogP contribution in [0.2, 0.25) is 0 Å². The van der Waals surface area contributed by atoms with E-state index in [4.69, 9.17) is 0 Å². The number of aromatic nitrogens is 5. The van der Waals surface area contributed by atoms with Gasteiger partial charge in [-0.05, 0) is 6.54 Å². The Hall–Kier alpha value is -1.69. The van der Waals surface area contributed by atoms with E-state index in [1.165, 1.54) is 5.56 Å². The van der Waals surface area contributed by atoms with Crippen LogP contribution in [-0.2, 0) is 20.5 Å². The van der Waals surface area contributed by atoms with E-state index in [1.54, 1.807) is 4.68 Å². The van der Waals surface area contributed by atoms with Gasteiger partial charge in [-0.3, -0.25) is 9.36 Å². The van der Waals surface area contributed by atoms with Crippen molar-refractivity contribution in [1.29, 1.82) is 0 Å². The summed E-state index contributed by atoms with van der Waals surface area (Å²) in [7, 11) is 3.80. The molecule has 0 aliphatic heterocycles. The van der Waals surface area contributed by atoms with Crippen molar-refractivity contribution < 1.29 is 0 Å². The third-order valence-corrected chi connectivity index (χ3v) is 2.64. The summed E-state index contributed by atoms with van der Waals surface area (Å²) in [5, 5.41) is 15.7. The molecule has 1 N–H and O–H groups in total. The van der Waals surface area contributed by atoms with E-state index in [0.717, 1.165) is 18.7 Å². The first-order chi connectivity index (χ1) is 8.19. The lowest BCUT2D eigenvalue weighted by Gasteiger charge is -2.14. The number of hydrogen-bond donors (Lipinski definition) is 1. The molecule has 0 spiro atoms. The minimum Gasteiger partial charge on any atom is -0.310 e. The maximum absolute atomic E-state index is 4.20. The minimum atomic E-state index is 0.241. The SMILES string of the molecule is CCNC(Cc1cn(C)nn1)c1cnn(C)c1. The highest BCUT2D eigenvalue weighted by Crippen LogP contribution is 2.16. The molecule has 2 heterocycles. The van der Waals surface area contributed by atoms with Crippen molar-refractivity contribution >= 4 is 0 Å². The van der Waals surface area contributed by atoms with Crippen molar-refractivity contribution in [3.8, 4) is 0 Å². The third-order valence-electron chi connectivity index (χ3n) is 2.64. The van der Waals surface area contributed by atoms with Crippen LogP contribution in [0.4, 0.5) is 0 Å². The maximum atomic E-state index is 4.20. The van der Waals surface area contributed by atoms with Crippen molar-refractivity contribution in [3.63, 3.8) is 0 Å². The Morgan fingerprint density at radius 2 is 2.12 bits per heavy atom. The Morgan fingerprint density at radius 1 is 1.29 bits per heavy atom. The molecule has 0 saturated carbocycles. The quantitative estimate of drug-likeness (QED) is 0.815. The summed E-state index contributed by atoms with van der Waals surface area (Å²) in [6.45, 7) is 3.01. The van der Waals surface area contributed by atoms with E-state index < -0.39 is 0 Å². The molecule has 0 saturated heterocycles. The van der Waals surface area contributed by atoms with Crippen LogP contribution in [-0.4, -0.2) is 31.3 Å². The molecule has 0 aromatic carbocycles. The van der Waals surface area contributed by atoms with Crippen LogP contribution in [0.1, 0.15) is 24.2 Å². The third kappa shape index (κ3) is 2.91. The van der Waals surface area contributed by atoms with Gasteiger partial charge < -0.3 is 5.32 Å². The van der Waals surface area contributed by atoms with Crippen molar-refractivity contribution in [3.05, 3.63) is 29.8 Å². The standard InChI is InChI=1S/C11H18N6/c1-4-12-11(9-6-13-16(2)7-9)5-10-8-17(3)15-14-10/h6-8,11-12H,4-5H2,1-3H3. The van der Waals surface area contributed by atoms with Gasteiger partial charge >= 0.3 is 0 Å². The number of hydrogen-bond acceptors (Lipinski definition) is 4. The summed E-state index contributed by atoms with van der Waals surface area (Å²) in [6, 6.07) is 0.241. The smallest absolute Gasteiger partial charge is 0.0845 e. The number of aryl methyl sites for hydroxylation is 2. The molecule has 0 aliphatic rings. The van der Waals surface area contributed by atoms with Gasteiger partial charge in [-0.15, -0.1) is 5.10 Å². The number of likely N-dealkylation sites (N-methyl/N-ethyl adjacent to an activating group) is 1. The molecule has 0 aliphatic carbocycles. The van der Waals surface area contributed by atoms with Crippen LogP contribution in [0.25, 0.3) is 0 Å². The number of nitrogens with one attached hydrogen (secondary N) is 1. The summed E-state index contributed by atoms with van der Waals surface area (Å²) in [5.41, 5.74) is 2.17. The molecule has 2 rings (SSSR count). The largest absolute Gasteiger partial charge is 0.310 e. The molecule has 2 aromatic rings. The summed E-state index contributed by atoms with van der Waals surface area (Å²) in [4.78, 5) is 0. The van der Waals surface area contributed by atoms with Crippen LogP contribution in [0, 0.1) is 0 Å². The van der Waals surface area contributed by atoms with Crippen LogP contribution < -0.4 is 5.32 Å². The van der Waals surface area contributed by atoms with Gasteiger partial charge in [0.25, 0.3) is 0 Å². The first kappa shape index (κ1) is 11.8. The lowest BCUT2D eigenvalue weighted by atomic mass is 10.1. The molecule has 1 unspecified atom stereocenters. The molecule has 6 heteroatoms. The van der Waals surface area contributed by atoms with E-state index in [1.807, 2.05) is 37.4 Å². The van der Waals surface area contributed by atoms with E-state index in [-0.39, 0.29) is 6.04 Å². The predicted molar refractivity (Wildman–Crippen MR) is 64.3 cm³/mol. The Bertz CT molecular complexity index is 472. The van der Waals surface area contributed by atoms with Gasteiger partial charge in [0.05, 0.1) is 11.9 Å². The molecular weight excluding hydrogens is 216 g/mol. The van der Waals surface area contributed by atoms with Gasteiger partial charge in [0.15, 0.2) is 0 Å². The molecule has 6 nitrogen and oxygen atoms in total. The highest BCUT2D eigenvalue weighted by atomic mass is 15.4. The Kier molecular flexibility index (Phi) is 3.53. The molecule has 2 aromatic heterocycles. The molecule has 0 radical (unpaired) electrons. The second-order valence-electron chi connectivity index (χ2n) is 4.15. The van der Waals surface area contributed by atoms with Crippen molar-refractivity contribution in [2.75, 3.05) is 6.54 Å². The van der Waals surface area contributed by atoms with Crippen molar-refractivity contribution in [2.24, 2.45) is 14.1 Å². The predicted octanol–water partition coefficient (Wildman–Crippen LogP) is 0.442. The molecular formula is C11H18N6. The van der Waals surface area contributed by atoms with E-state index in [9.17, 15) is 0 Å². The summed E-state index contributed by atoms with van der Waals surface area (Å²) < 4.78 is 3.54. The second-order valence-corrected chi connectivity index (χ2v) is 4.15. The normalized spacial score (nSPS) is 12.9. The summed E-state index contributed by atoms with van der Waals surface area (Å²) >= 11 is 0. The lowest BCUT2D eigenvalue weighted by molar-refractivity contribution is 0.543. The molecule has 0 fully saturated rings. The van der Waals surface area contributed by atoms with Gasteiger partial charge in [0.2, 0.25) is 0 Å². The molecule has 1 atom stereocenters. The van der Waals surface area contributed by atoms with Gasteiger partial charge in [-0.25, -0.2) is 0 Å². The fraction of sp³-hybridized carbons (Fsp3) is 0.545. The zero-order chi connectivity index (χ0) is 12.3. The number of nitrogens with zero attached hydrogens (tertiary/aromatic N) is 5. The van der Waals surface area contributed by atoms with E-state index in [0.29, 0.717) is 0 Å². The molecule has 92 valence electrons. The highest BCUT2D eigenvalue weighted by Gasteiger charge is 2.14. The van der Waals surface area contributed by atoms with Crippen LogP contribution in [0.5, 0.6) is 0 Å². The topological polar surface area (TPSA) is 60.6 Å². The first-order valence-electron chi connectivity index (χ1n) is 5.76. The fourth-order valence-electron chi connectivity index (χ4n) is 1.87. The first-order valence-corrected chi connectivity index (χ1v) is 5.76. The molecule has 0 amide bonds. The van der Waals surface area contributed by atoms with Crippen molar-refractivity contribution in [1.82, 2.24) is 30.1 Å². The van der Waals surface area contributed by atoms with E-state index in [2.05, 4.69) is 27.7 Å². The van der Waals surface area contributed by atoms with Gasteiger partial charge in [0.1, 0.15) is 0 Å². The average molecular weight is 234 g/mol. The minimum absolute atomic E-state index is 0.241. The fourth-order valence-corrected chi connectivity index (χ4v) is 1.87. The van der Waals surface area contributed by atoms with Gasteiger partial charge in [0, 0.05) is 44.5 Å². The Balaban J connectivity index is 2.12. The maximum Gasteiger partial charge on any atom is 0.0845 e. The highest BCUT2D eigenvalue weighted by molar-refractivity contribution is 5.13. The monoisotopic (exact) mass is 234 g/mol. The molecule has 17 heavy (non-hydrogen) atoms. The van der Waals surface area contributed by atoms with Crippen molar-refractivity contribution in [2.45, 2.75) is 19.4 Å². The lowest BCUT2D eigenvalue weighted by Crippen LogP contribution is -2.22. The molecule has 0 bridgehead atoms. The summed E-state index contributed by atoms with van der Waals surface area (Å²) in [5.74, 6) is 0. The zero-order valence-electron chi connectivity index (χ0n) is 10.5. The second kappa shape index (κ2) is 5.09. The zero-order valence-corrected chi connectivity index (χ0v) is 10.5. The van der Waals surface area contributed by atoms with Crippen LogP contribution >= 0.6 is 0 Å². The van der Waals surface area contributed by atoms with Gasteiger partial charge in [-0.1, -0.05) is 12.1 Å². The number of rotatable bonds is 5. The Morgan fingerprint density at radius 3 is 2.65 bits per heavy atom. The van der Waals surface area contributed by atoms with Crippen LogP contribution in [0.3, 0.4) is 0 Å².